The summed E-state index contributed by atoms with van der Waals surface area (Å²) in [6, 6.07) is 9.62. The van der Waals surface area contributed by atoms with Crippen LogP contribution in [0.15, 0.2) is 24.3 Å². The van der Waals surface area contributed by atoms with Crippen LogP contribution in [0.2, 0.25) is 0 Å². The Hall–Kier alpha value is -1.02. The Morgan fingerprint density at radius 2 is 1.95 bits per heavy atom. The Kier molecular flexibility index (Phi) is 3.76. The second-order valence-corrected chi connectivity index (χ2v) is 6.77. The molecule has 0 aromatic heterocycles. The molecule has 2 nitrogen and oxygen atoms in total. The third-order valence-electron chi connectivity index (χ3n) is 5.34. The number of nitrogens with zero attached hydrogens (tertiary/aromatic N) is 1. The quantitative estimate of drug-likeness (QED) is 0.892. The smallest absolute Gasteiger partial charge is 0.0414 e. The summed E-state index contributed by atoms with van der Waals surface area (Å²) in [5.41, 5.74) is 3.20. The molecule has 1 aromatic carbocycles. The Morgan fingerprint density at radius 3 is 2.60 bits per heavy atom. The lowest BCUT2D eigenvalue weighted by atomic mass is 9.94. The highest BCUT2D eigenvalue weighted by molar-refractivity contribution is 5.56. The van der Waals surface area contributed by atoms with Crippen molar-refractivity contribution in [1.29, 1.82) is 0 Å². The lowest BCUT2D eigenvalue weighted by Gasteiger charge is -2.39. The molecule has 0 radical (unpaired) electrons. The number of hydrogen-bond donors (Lipinski definition) is 1. The van der Waals surface area contributed by atoms with Crippen LogP contribution in [0.4, 0.5) is 5.69 Å². The first-order valence-electron chi connectivity index (χ1n) is 8.27. The zero-order chi connectivity index (χ0) is 14.2. The maximum absolute atomic E-state index is 3.87. The Balaban J connectivity index is 1.97. The van der Waals surface area contributed by atoms with Crippen LogP contribution < -0.4 is 10.2 Å². The van der Waals surface area contributed by atoms with Crippen molar-refractivity contribution >= 4 is 5.69 Å². The highest BCUT2D eigenvalue weighted by Gasteiger charge is 2.44. The van der Waals surface area contributed by atoms with Crippen LogP contribution in [0.3, 0.4) is 0 Å². The number of para-hydroxylation sites is 1. The van der Waals surface area contributed by atoms with Gasteiger partial charge in [0.2, 0.25) is 0 Å². The van der Waals surface area contributed by atoms with Crippen LogP contribution in [0.25, 0.3) is 0 Å². The topological polar surface area (TPSA) is 15.3 Å². The van der Waals surface area contributed by atoms with Crippen molar-refractivity contribution in [3.05, 3.63) is 29.8 Å². The highest BCUT2D eigenvalue weighted by atomic mass is 15.2. The fourth-order valence-electron chi connectivity index (χ4n) is 3.78. The van der Waals surface area contributed by atoms with Crippen LogP contribution >= 0.6 is 0 Å². The molecule has 110 valence electrons. The van der Waals surface area contributed by atoms with Gasteiger partial charge in [0.25, 0.3) is 0 Å². The van der Waals surface area contributed by atoms with Gasteiger partial charge in [-0.3, -0.25) is 0 Å². The number of hydrogen-bond acceptors (Lipinski definition) is 2. The molecule has 1 unspecified atom stereocenters. The molecule has 1 saturated carbocycles. The van der Waals surface area contributed by atoms with Crippen LogP contribution in [-0.2, 0) is 6.54 Å². The average Bonchev–Trinajstić information content (AvgIpc) is 3.30. The van der Waals surface area contributed by atoms with Gasteiger partial charge in [-0.05, 0) is 50.2 Å². The highest BCUT2D eigenvalue weighted by Crippen LogP contribution is 2.43. The largest absolute Gasteiger partial charge is 0.366 e. The summed E-state index contributed by atoms with van der Waals surface area (Å²) >= 11 is 0. The Morgan fingerprint density at radius 1 is 1.25 bits per heavy atom. The third-order valence-corrected chi connectivity index (χ3v) is 5.34. The first kappa shape index (κ1) is 13.9. The van der Waals surface area contributed by atoms with Crippen LogP contribution in [-0.4, -0.2) is 18.1 Å². The van der Waals surface area contributed by atoms with Crippen molar-refractivity contribution < 1.29 is 0 Å². The van der Waals surface area contributed by atoms with Gasteiger partial charge in [-0.25, -0.2) is 0 Å². The van der Waals surface area contributed by atoms with E-state index < -0.39 is 0 Å². The molecule has 2 aliphatic rings. The predicted octanol–water partition coefficient (Wildman–Crippen LogP) is 3.95. The molecular weight excluding hydrogens is 244 g/mol. The average molecular weight is 272 g/mol. The van der Waals surface area contributed by atoms with Crippen molar-refractivity contribution in [1.82, 2.24) is 5.32 Å². The van der Waals surface area contributed by atoms with E-state index in [1.807, 2.05) is 0 Å². The van der Waals surface area contributed by atoms with Crippen molar-refractivity contribution in [2.45, 2.75) is 64.6 Å². The lowest BCUT2D eigenvalue weighted by Crippen LogP contribution is -2.53. The van der Waals surface area contributed by atoms with Crippen molar-refractivity contribution in [3.8, 4) is 0 Å². The first-order chi connectivity index (χ1) is 9.68. The van der Waals surface area contributed by atoms with E-state index in [0.29, 0.717) is 6.04 Å². The number of anilines is 1. The Labute approximate surface area is 123 Å². The normalized spacial score (nSPS) is 26.5. The SMILES string of the molecule is CCC(CC)N1CC(C)(C2CC2)NCc2ccccc21. The minimum atomic E-state index is 0.279. The molecule has 1 aromatic rings. The van der Waals surface area contributed by atoms with Gasteiger partial charge in [-0.15, -0.1) is 0 Å². The first-order valence-corrected chi connectivity index (χ1v) is 8.27. The molecule has 20 heavy (non-hydrogen) atoms. The van der Waals surface area contributed by atoms with Crippen molar-refractivity contribution in [2.24, 2.45) is 5.92 Å². The zero-order valence-electron chi connectivity index (χ0n) is 13.2. The van der Waals surface area contributed by atoms with Gasteiger partial charge in [0.15, 0.2) is 0 Å². The van der Waals surface area contributed by atoms with Crippen LogP contribution in [0.1, 0.15) is 52.0 Å². The minimum absolute atomic E-state index is 0.279. The molecule has 2 heteroatoms. The number of nitrogens with one attached hydrogen (secondary N) is 1. The van der Waals surface area contributed by atoms with E-state index in [-0.39, 0.29) is 5.54 Å². The summed E-state index contributed by atoms with van der Waals surface area (Å²) in [6.07, 6.45) is 5.25. The third kappa shape index (κ3) is 2.46. The molecule has 0 bridgehead atoms. The van der Waals surface area contributed by atoms with Crippen LogP contribution in [0, 0.1) is 5.92 Å². The van der Waals surface area contributed by atoms with Crippen molar-refractivity contribution in [3.63, 3.8) is 0 Å². The molecular formula is C18H28N2. The van der Waals surface area contributed by atoms with E-state index in [0.717, 1.165) is 19.0 Å². The monoisotopic (exact) mass is 272 g/mol. The van der Waals surface area contributed by atoms with E-state index in [2.05, 4.69) is 55.3 Å². The maximum atomic E-state index is 3.87. The number of rotatable bonds is 4. The lowest BCUT2D eigenvalue weighted by molar-refractivity contribution is 0.307. The van der Waals surface area contributed by atoms with Gasteiger partial charge in [0, 0.05) is 30.4 Å². The van der Waals surface area contributed by atoms with E-state index in [1.54, 1.807) is 0 Å². The van der Waals surface area contributed by atoms with Gasteiger partial charge in [-0.2, -0.15) is 0 Å². The van der Waals surface area contributed by atoms with E-state index in [9.17, 15) is 0 Å². The standard InChI is InChI=1S/C18H28N2/c1-4-16(5-2)20-13-18(3,15-10-11-15)19-12-14-8-6-7-9-17(14)20/h6-9,15-16,19H,4-5,10-13H2,1-3H3. The van der Waals surface area contributed by atoms with Gasteiger partial charge in [0.05, 0.1) is 0 Å². The fourth-order valence-corrected chi connectivity index (χ4v) is 3.78. The minimum Gasteiger partial charge on any atom is -0.366 e. The predicted molar refractivity (Wildman–Crippen MR) is 86.1 cm³/mol. The molecule has 3 rings (SSSR count). The molecule has 1 atom stereocenters. The fraction of sp³-hybridized carbons (Fsp3) is 0.667. The summed E-state index contributed by atoms with van der Waals surface area (Å²) in [6.45, 7) is 9.25. The molecule has 1 N–H and O–H groups in total. The van der Waals surface area contributed by atoms with Gasteiger partial charge in [0.1, 0.15) is 0 Å². The summed E-state index contributed by atoms with van der Waals surface area (Å²) in [5, 5.41) is 3.87. The summed E-state index contributed by atoms with van der Waals surface area (Å²) < 4.78 is 0. The van der Waals surface area contributed by atoms with E-state index in [4.69, 9.17) is 0 Å². The molecule has 1 fully saturated rings. The number of benzene rings is 1. The van der Waals surface area contributed by atoms with Gasteiger partial charge in [-0.1, -0.05) is 32.0 Å². The van der Waals surface area contributed by atoms with E-state index in [1.165, 1.54) is 36.9 Å². The molecule has 0 saturated heterocycles. The number of fused-ring (bicyclic) bond motifs is 1. The van der Waals surface area contributed by atoms with E-state index >= 15 is 0 Å². The Bertz CT molecular complexity index is 462. The summed E-state index contributed by atoms with van der Waals surface area (Å²) in [5.74, 6) is 0.869. The second kappa shape index (κ2) is 5.40. The van der Waals surface area contributed by atoms with Gasteiger partial charge < -0.3 is 10.2 Å². The maximum Gasteiger partial charge on any atom is 0.0414 e. The van der Waals surface area contributed by atoms with Crippen LogP contribution in [0.5, 0.6) is 0 Å². The van der Waals surface area contributed by atoms with Crippen molar-refractivity contribution in [2.75, 3.05) is 11.4 Å². The van der Waals surface area contributed by atoms with Gasteiger partial charge >= 0.3 is 0 Å². The molecule has 1 aliphatic carbocycles. The summed E-state index contributed by atoms with van der Waals surface area (Å²) in [7, 11) is 0. The second-order valence-electron chi connectivity index (χ2n) is 6.77. The molecule has 0 amide bonds. The molecule has 1 heterocycles. The molecule has 0 spiro atoms. The zero-order valence-corrected chi connectivity index (χ0v) is 13.2. The summed E-state index contributed by atoms with van der Waals surface area (Å²) in [4.78, 5) is 2.69. The molecule has 1 aliphatic heterocycles.